The van der Waals surface area contributed by atoms with E-state index in [2.05, 4.69) is 15.9 Å². The highest BCUT2D eigenvalue weighted by molar-refractivity contribution is 9.10. The van der Waals surface area contributed by atoms with E-state index in [1.807, 2.05) is 31.2 Å². The van der Waals surface area contributed by atoms with Crippen LogP contribution in [0, 0.1) is 30.1 Å². The molecule has 4 saturated carbocycles. The average molecular weight is 627 g/mol. The SMILES string of the molecule is COc1cc(/C=C2\SC(=O)N(CCOc3cccc(C)c3)C2=O)cc(Br)c1OC(=O)C12CC3CC(CC(C3)C1)C2. The molecule has 1 aliphatic heterocycles. The lowest BCUT2D eigenvalue weighted by Crippen LogP contribution is -2.51. The first-order chi connectivity index (χ1) is 19.2. The number of ether oxygens (including phenoxy) is 3. The molecule has 5 fully saturated rings. The van der Waals surface area contributed by atoms with E-state index in [9.17, 15) is 14.4 Å². The first kappa shape index (κ1) is 27.4. The molecule has 0 spiro atoms. The quantitative estimate of drug-likeness (QED) is 0.177. The Morgan fingerprint density at radius 1 is 1.10 bits per heavy atom. The number of esters is 1. The van der Waals surface area contributed by atoms with Crippen LogP contribution in [0.2, 0.25) is 0 Å². The molecule has 4 bridgehead atoms. The Morgan fingerprint density at radius 3 is 2.45 bits per heavy atom. The standard InChI is InChI=1S/C31H32BrNO6S/c1-18-4-3-5-23(8-18)38-7-6-33-28(34)26(40-30(33)36)14-19-12-24(32)27(25(13-19)37-2)39-29(35)31-15-20-9-21(16-31)11-22(10-20)17-31/h3-5,8,12-14,20-22H,6-7,9-11,15-17H2,1-2H3/b26-14-. The summed E-state index contributed by atoms with van der Waals surface area (Å²) < 4.78 is 17.9. The fraction of sp³-hybridized carbons (Fsp3) is 0.452. The second kappa shape index (κ2) is 10.9. The van der Waals surface area contributed by atoms with Gasteiger partial charge >= 0.3 is 5.97 Å². The topological polar surface area (TPSA) is 82.1 Å². The first-order valence-corrected chi connectivity index (χ1v) is 15.4. The molecule has 1 saturated heterocycles. The number of imide groups is 1. The lowest BCUT2D eigenvalue weighted by molar-refractivity contribution is -0.161. The van der Waals surface area contributed by atoms with Crippen LogP contribution in [0.5, 0.6) is 17.2 Å². The molecule has 7 rings (SSSR count). The highest BCUT2D eigenvalue weighted by Gasteiger charge is 2.55. The Kier molecular flexibility index (Phi) is 7.46. The van der Waals surface area contributed by atoms with Crippen molar-refractivity contribution in [2.24, 2.45) is 23.2 Å². The zero-order valence-electron chi connectivity index (χ0n) is 22.6. The fourth-order valence-electron chi connectivity index (χ4n) is 7.29. The zero-order valence-corrected chi connectivity index (χ0v) is 25.0. The monoisotopic (exact) mass is 625 g/mol. The molecular weight excluding hydrogens is 594 g/mol. The first-order valence-electron chi connectivity index (χ1n) is 13.8. The van der Waals surface area contributed by atoms with E-state index in [-0.39, 0.29) is 35.7 Å². The van der Waals surface area contributed by atoms with Crippen LogP contribution < -0.4 is 14.2 Å². The molecule has 210 valence electrons. The van der Waals surface area contributed by atoms with Gasteiger partial charge in [0.1, 0.15) is 12.4 Å². The van der Waals surface area contributed by atoms with Crippen LogP contribution in [0.15, 0.2) is 45.8 Å². The van der Waals surface area contributed by atoms with Gasteiger partial charge in [0, 0.05) is 0 Å². The molecule has 0 aromatic heterocycles. The Labute approximate surface area is 246 Å². The number of halogens is 1. The number of methoxy groups -OCH3 is 1. The summed E-state index contributed by atoms with van der Waals surface area (Å²) in [6.07, 6.45) is 8.16. The van der Waals surface area contributed by atoms with Gasteiger partial charge in [-0.05, 0) is 132 Å². The molecular formula is C31H32BrNO6S. The van der Waals surface area contributed by atoms with E-state index in [4.69, 9.17) is 14.2 Å². The maximum atomic E-state index is 13.5. The summed E-state index contributed by atoms with van der Waals surface area (Å²) in [5, 5.41) is -0.337. The minimum absolute atomic E-state index is 0.155. The second-order valence-electron chi connectivity index (χ2n) is 11.6. The van der Waals surface area contributed by atoms with Gasteiger partial charge in [-0.15, -0.1) is 0 Å². The highest BCUT2D eigenvalue weighted by atomic mass is 79.9. The summed E-state index contributed by atoms with van der Waals surface area (Å²) in [4.78, 5) is 40.7. The number of carbonyl (C=O) groups is 3. The Hall–Kier alpha value is -2.78. The van der Waals surface area contributed by atoms with E-state index in [1.165, 1.54) is 31.3 Å². The zero-order chi connectivity index (χ0) is 28.0. The molecule has 40 heavy (non-hydrogen) atoms. The molecule has 1 heterocycles. The number of benzene rings is 2. The van der Waals surface area contributed by atoms with Gasteiger partial charge in [0.15, 0.2) is 11.5 Å². The number of carbonyl (C=O) groups excluding carboxylic acids is 3. The number of amides is 2. The molecule has 0 radical (unpaired) electrons. The minimum atomic E-state index is -0.389. The fourth-order valence-corrected chi connectivity index (χ4v) is 8.69. The van der Waals surface area contributed by atoms with E-state index in [1.54, 1.807) is 18.2 Å². The van der Waals surface area contributed by atoms with Gasteiger partial charge in [-0.1, -0.05) is 12.1 Å². The van der Waals surface area contributed by atoms with E-state index < -0.39 is 0 Å². The smallest absolute Gasteiger partial charge is 0.317 e. The van der Waals surface area contributed by atoms with Crippen molar-refractivity contribution in [1.29, 1.82) is 0 Å². The Balaban J connectivity index is 1.15. The third kappa shape index (κ3) is 5.30. The Bertz CT molecular complexity index is 1370. The number of nitrogens with zero attached hydrogens (tertiary/aromatic N) is 1. The number of thioether (sulfide) groups is 1. The van der Waals surface area contributed by atoms with Crippen molar-refractivity contribution in [2.45, 2.75) is 45.4 Å². The minimum Gasteiger partial charge on any atom is -0.493 e. The predicted molar refractivity (Wildman–Crippen MR) is 156 cm³/mol. The van der Waals surface area contributed by atoms with Gasteiger partial charge < -0.3 is 14.2 Å². The van der Waals surface area contributed by atoms with E-state index >= 15 is 0 Å². The predicted octanol–water partition coefficient (Wildman–Crippen LogP) is 7.00. The van der Waals surface area contributed by atoms with Gasteiger partial charge in [0.25, 0.3) is 11.1 Å². The van der Waals surface area contributed by atoms with Crippen LogP contribution in [0.1, 0.15) is 49.7 Å². The van der Waals surface area contributed by atoms with Crippen molar-refractivity contribution in [3.63, 3.8) is 0 Å². The molecule has 0 N–H and O–H groups in total. The van der Waals surface area contributed by atoms with Gasteiger partial charge in [-0.3, -0.25) is 19.3 Å². The van der Waals surface area contributed by atoms with E-state index in [0.29, 0.717) is 49.9 Å². The molecule has 4 aliphatic carbocycles. The van der Waals surface area contributed by atoms with Crippen molar-refractivity contribution < 1.29 is 28.6 Å². The largest absolute Gasteiger partial charge is 0.493 e. The Morgan fingerprint density at radius 2 is 1.80 bits per heavy atom. The molecule has 9 heteroatoms. The van der Waals surface area contributed by atoms with Gasteiger partial charge in [-0.2, -0.15) is 0 Å². The molecule has 5 aliphatic rings. The number of hydrogen-bond donors (Lipinski definition) is 0. The number of rotatable bonds is 8. The summed E-state index contributed by atoms with van der Waals surface area (Å²) in [5.41, 5.74) is 1.33. The molecule has 2 aromatic rings. The summed E-state index contributed by atoms with van der Waals surface area (Å²) in [6, 6.07) is 11.1. The van der Waals surface area contributed by atoms with Crippen LogP contribution in [-0.4, -0.2) is 42.3 Å². The van der Waals surface area contributed by atoms with Crippen LogP contribution in [0.4, 0.5) is 4.79 Å². The van der Waals surface area contributed by atoms with Crippen molar-refractivity contribution in [1.82, 2.24) is 4.90 Å². The van der Waals surface area contributed by atoms with Crippen molar-refractivity contribution in [2.75, 3.05) is 20.3 Å². The van der Waals surface area contributed by atoms with Crippen LogP contribution >= 0.6 is 27.7 Å². The average Bonchev–Trinajstić information content (AvgIpc) is 3.16. The second-order valence-corrected chi connectivity index (χ2v) is 13.5. The normalized spacial score (nSPS) is 27.9. The van der Waals surface area contributed by atoms with Gasteiger partial charge in [-0.25, -0.2) is 0 Å². The lowest BCUT2D eigenvalue weighted by Gasteiger charge is -2.55. The summed E-state index contributed by atoms with van der Waals surface area (Å²) >= 11 is 4.45. The molecule has 2 amide bonds. The molecule has 7 nitrogen and oxygen atoms in total. The third-order valence-corrected chi connectivity index (χ3v) is 10.2. The maximum absolute atomic E-state index is 13.5. The van der Waals surface area contributed by atoms with Crippen molar-refractivity contribution in [3.8, 4) is 17.2 Å². The molecule has 0 atom stereocenters. The number of aryl methyl sites for hydroxylation is 1. The maximum Gasteiger partial charge on any atom is 0.317 e. The summed E-state index contributed by atoms with van der Waals surface area (Å²) in [5.74, 6) is 2.82. The number of hydrogen-bond acceptors (Lipinski definition) is 7. The van der Waals surface area contributed by atoms with Gasteiger partial charge in [0.05, 0.1) is 28.4 Å². The third-order valence-electron chi connectivity index (χ3n) is 8.66. The van der Waals surface area contributed by atoms with Crippen molar-refractivity contribution in [3.05, 3.63) is 56.9 Å². The summed E-state index contributed by atoms with van der Waals surface area (Å²) in [7, 11) is 1.52. The van der Waals surface area contributed by atoms with Crippen LogP contribution in [0.3, 0.4) is 0 Å². The van der Waals surface area contributed by atoms with E-state index in [0.717, 1.165) is 36.6 Å². The molecule has 2 aromatic carbocycles. The van der Waals surface area contributed by atoms with Crippen LogP contribution in [-0.2, 0) is 9.59 Å². The van der Waals surface area contributed by atoms with Crippen molar-refractivity contribution >= 4 is 50.9 Å². The van der Waals surface area contributed by atoms with Crippen LogP contribution in [0.25, 0.3) is 6.08 Å². The van der Waals surface area contributed by atoms with Gasteiger partial charge in [0.2, 0.25) is 0 Å². The summed E-state index contributed by atoms with van der Waals surface area (Å²) in [6.45, 7) is 2.33. The molecule has 0 unspecified atom stereocenters. The highest BCUT2D eigenvalue weighted by Crippen LogP contribution is 2.60. The lowest BCUT2D eigenvalue weighted by atomic mass is 9.49.